The second-order valence-electron chi connectivity index (χ2n) is 7.57. The summed E-state index contributed by atoms with van der Waals surface area (Å²) in [5, 5.41) is 7.00. The van der Waals surface area contributed by atoms with Crippen molar-refractivity contribution in [3.05, 3.63) is 70.6 Å². The zero-order valence-electron chi connectivity index (χ0n) is 17.3. The standard InChI is InChI=1S/C22H21F2N5O3/c1-27-20(14-5-7-16(23)8-6-14)26-29(22(27)32)10-9-25-21(31)15-11-19(30)28(13-15)18-4-2-3-17(24)12-18/h2-8,12,15H,9-11,13H2,1H3,(H,25,31). The van der Waals surface area contributed by atoms with Crippen LogP contribution >= 0.6 is 0 Å². The summed E-state index contributed by atoms with van der Waals surface area (Å²) in [5.41, 5.74) is 0.640. The van der Waals surface area contributed by atoms with Gasteiger partial charge in [0.1, 0.15) is 11.6 Å². The average Bonchev–Trinajstić information content (AvgIpc) is 3.29. The maximum Gasteiger partial charge on any atom is 0.345 e. The summed E-state index contributed by atoms with van der Waals surface area (Å²) in [6.07, 6.45) is 0.0284. The summed E-state index contributed by atoms with van der Waals surface area (Å²) >= 11 is 0. The molecule has 1 saturated heterocycles. The number of hydrogen-bond donors (Lipinski definition) is 1. The lowest BCUT2D eigenvalue weighted by Gasteiger charge is -2.16. The molecule has 1 unspecified atom stereocenters. The van der Waals surface area contributed by atoms with Crippen molar-refractivity contribution in [3.63, 3.8) is 0 Å². The normalized spacial score (nSPS) is 15.9. The third kappa shape index (κ3) is 4.29. The Morgan fingerprint density at radius 3 is 2.59 bits per heavy atom. The molecule has 10 heteroatoms. The lowest BCUT2D eigenvalue weighted by Crippen LogP contribution is -2.36. The van der Waals surface area contributed by atoms with Crippen molar-refractivity contribution in [1.82, 2.24) is 19.7 Å². The molecule has 1 N–H and O–H groups in total. The van der Waals surface area contributed by atoms with Crippen LogP contribution in [0, 0.1) is 17.6 Å². The molecule has 0 radical (unpaired) electrons. The first-order chi connectivity index (χ1) is 15.3. The molecule has 3 aromatic rings. The van der Waals surface area contributed by atoms with Gasteiger partial charge >= 0.3 is 5.69 Å². The van der Waals surface area contributed by atoms with E-state index >= 15 is 0 Å². The molecule has 1 fully saturated rings. The highest BCUT2D eigenvalue weighted by atomic mass is 19.1. The molecule has 4 rings (SSSR count). The quantitative estimate of drug-likeness (QED) is 0.631. The van der Waals surface area contributed by atoms with Crippen molar-refractivity contribution in [2.45, 2.75) is 13.0 Å². The van der Waals surface area contributed by atoms with E-state index < -0.39 is 11.7 Å². The fourth-order valence-electron chi connectivity index (χ4n) is 3.69. The van der Waals surface area contributed by atoms with Crippen molar-refractivity contribution in [2.24, 2.45) is 13.0 Å². The first-order valence-corrected chi connectivity index (χ1v) is 10.1. The van der Waals surface area contributed by atoms with Crippen LogP contribution in [0.25, 0.3) is 11.4 Å². The number of carbonyl (C=O) groups excluding carboxylic acids is 2. The van der Waals surface area contributed by atoms with Gasteiger partial charge in [0.25, 0.3) is 0 Å². The predicted molar refractivity (Wildman–Crippen MR) is 113 cm³/mol. The Kier molecular flexibility index (Phi) is 5.85. The number of rotatable bonds is 6. The van der Waals surface area contributed by atoms with Crippen molar-refractivity contribution in [2.75, 3.05) is 18.0 Å². The Labute approximate surface area is 182 Å². The van der Waals surface area contributed by atoms with Crippen LogP contribution in [0.1, 0.15) is 6.42 Å². The van der Waals surface area contributed by atoms with Gasteiger partial charge in [0, 0.05) is 37.8 Å². The molecule has 0 spiro atoms. The SMILES string of the molecule is Cn1c(-c2ccc(F)cc2)nn(CCNC(=O)C2CC(=O)N(c3cccc(F)c3)C2)c1=O. The van der Waals surface area contributed by atoms with Gasteiger partial charge in [0.15, 0.2) is 5.82 Å². The number of anilines is 1. The minimum absolute atomic E-state index is 0.0284. The Morgan fingerprint density at radius 2 is 1.88 bits per heavy atom. The van der Waals surface area contributed by atoms with Gasteiger partial charge in [-0.2, -0.15) is 0 Å². The summed E-state index contributed by atoms with van der Waals surface area (Å²) in [5.74, 6) is -1.60. The lowest BCUT2D eigenvalue weighted by molar-refractivity contribution is -0.126. The lowest BCUT2D eigenvalue weighted by atomic mass is 10.1. The molecule has 1 aliphatic heterocycles. The van der Waals surface area contributed by atoms with Crippen LogP contribution in [0.4, 0.5) is 14.5 Å². The average molecular weight is 441 g/mol. The molecule has 0 bridgehead atoms. The van der Waals surface area contributed by atoms with E-state index in [1.54, 1.807) is 13.1 Å². The predicted octanol–water partition coefficient (Wildman–Crippen LogP) is 1.70. The number of halogens is 2. The third-order valence-electron chi connectivity index (χ3n) is 5.38. The van der Waals surface area contributed by atoms with Crippen LogP contribution in [0.3, 0.4) is 0 Å². The molecule has 166 valence electrons. The molecule has 1 atom stereocenters. The minimum atomic E-state index is -0.569. The van der Waals surface area contributed by atoms with Gasteiger partial charge in [-0.25, -0.2) is 18.3 Å². The Hall–Kier alpha value is -3.82. The largest absolute Gasteiger partial charge is 0.354 e. The second kappa shape index (κ2) is 8.74. The number of nitrogens with one attached hydrogen (secondary N) is 1. The van der Waals surface area contributed by atoms with Gasteiger partial charge in [0.2, 0.25) is 11.8 Å². The maximum absolute atomic E-state index is 13.5. The minimum Gasteiger partial charge on any atom is -0.354 e. The smallest absolute Gasteiger partial charge is 0.345 e. The zero-order valence-corrected chi connectivity index (χ0v) is 17.3. The number of amides is 2. The number of carbonyl (C=O) groups is 2. The molecule has 2 heterocycles. The number of nitrogens with zero attached hydrogens (tertiary/aromatic N) is 4. The molecule has 0 aliphatic carbocycles. The molecule has 8 nitrogen and oxygen atoms in total. The first kappa shape index (κ1) is 21.4. The van der Waals surface area contributed by atoms with E-state index in [-0.39, 0.29) is 49.4 Å². The van der Waals surface area contributed by atoms with E-state index in [9.17, 15) is 23.2 Å². The Balaban J connectivity index is 1.36. The van der Waals surface area contributed by atoms with Crippen molar-refractivity contribution in [1.29, 1.82) is 0 Å². The van der Waals surface area contributed by atoms with E-state index in [2.05, 4.69) is 10.4 Å². The van der Waals surface area contributed by atoms with Crippen LogP contribution in [-0.4, -0.2) is 39.3 Å². The summed E-state index contributed by atoms with van der Waals surface area (Å²) in [6, 6.07) is 11.3. The monoisotopic (exact) mass is 441 g/mol. The summed E-state index contributed by atoms with van der Waals surface area (Å²) in [7, 11) is 1.56. The highest BCUT2D eigenvalue weighted by Gasteiger charge is 2.35. The fourth-order valence-corrected chi connectivity index (χ4v) is 3.69. The van der Waals surface area contributed by atoms with Gasteiger partial charge in [-0.3, -0.25) is 14.2 Å². The molecule has 0 saturated carbocycles. The fraction of sp³-hybridized carbons (Fsp3) is 0.273. The van der Waals surface area contributed by atoms with Gasteiger partial charge in [-0.1, -0.05) is 6.07 Å². The van der Waals surface area contributed by atoms with Gasteiger partial charge in [0.05, 0.1) is 12.5 Å². The molecule has 1 aromatic heterocycles. The third-order valence-corrected chi connectivity index (χ3v) is 5.38. The van der Waals surface area contributed by atoms with Crippen molar-refractivity contribution >= 4 is 17.5 Å². The van der Waals surface area contributed by atoms with E-state index in [1.165, 1.54) is 56.6 Å². The molecule has 2 amide bonds. The van der Waals surface area contributed by atoms with Crippen LogP contribution < -0.4 is 15.9 Å². The van der Waals surface area contributed by atoms with E-state index in [4.69, 9.17) is 0 Å². The number of hydrogen-bond acceptors (Lipinski definition) is 4. The topological polar surface area (TPSA) is 89.2 Å². The van der Waals surface area contributed by atoms with Crippen molar-refractivity contribution < 1.29 is 18.4 Å². The summed E-state index contributed by atoms with van der Waals surface area (Å²) in [6.45, 7) is 0.434. The van der Waals surface area contributed by atoms with Gasteiger partial charge in [-0.15, -0.1) is 5.10 Å². The Morgan fingerprint density at radius 1 is 1.12 bits per heavy atom. The second-order valence-corrected chi connectivity index (χ2v) is 7.57. The first-order valence-electron chi connectivity index (χ1n) is 10.1. The molecular formula is C22H21F2N5O3. The Bertz CT molecular complexity index is 1220. The highest BCUT2D eigenvalue weighted by Crippen LogP contribution is 2.25. The van der Waals surface area contributed by atoms with Gasteiger partial charge < -0.3 is 10.2 Å². The highest BCUT2D eigenvalue weighted by molar-refractivity contribution is 6.00. The molecule has 1 aliphatic rings. The zero-order chi connectivity index (χ0) is 22.8. The summed E-state index contributed by atoms with van der Waals surface area (Å²) < 4.78 is 29.2. The van der Waals surface area contributed by atoms with Gasteiger partial charge in [-0.05, 0) is 42.5 Å². The van der Waals surface area contributed by atoms with Crippen LogP contribution in [0.2, 0.25) is 0 Å². The van der Waals surface area contributed by atoms with Crippen LogP contribution in [-0.2, 0) is 23.2 Å². The van der Waals surface area contributed by atoms with Crippen LogP contribution in [0.15, 0.2) is 53.3 Å². The molecule has 32 heavy (non-hydrogen) atoms. The number of benzene rings is 2. The molecular weight excluding hydrogens is 420 g/mol. The van der Waals surface area contributed by atoms with Crippen molar-refractivity contribution in [3.8, 4) is 11.4 Å². The summed E-state index contributed by atoms with van der Waals surface area (Å²) in [4.78, 5) is 38.6. The number of aromatic nitrogens is 3. The maximum atomic E-state index is 13.5. The van der Waals surface area contributed by atoms with E-state index in [0.717, 1.165) is 0 Å². The van der Waals surface area contributed by atoms with Crippen LogP contribution in [0.5, 0.6) is 0 Å². The van der Waals surface area contributed by atoms with E-state index in [1.807, 2.05) is 0 Å². The molecule has 2 aromatic carbocycles. The van der Waals surface area contributed by atoms with E-state index in [0.29, 0.717) is 17.1 Å².